The van der Waals surface area contributed by atoms with Gasteiger partial charge in [-0.15, -0.1) is 12.6 Å². The number of allylic oxidation sites excluding steroid dienone is 1. The van der Waals surface area contributed by atoms with Crippen molar-refractivity contribution in [3.05, 3.63) is 23.9 Å². The molecule has 0 heterocycles. The largest absolute Gasteiger partial charge is 0.493 e. The minimum atomic E-state index is -0.0301. The average molecular weight is 261 g/mol. The number of benzene rings is 1. The lowest BCUT2D eigenvalue weighted by molar-refractivity contribution is 0.354. The van der Waals surface area contributed by atoms with E-state index < -0.39 is 0 Å². The van der Waals surface area contributed by atoms with Crippen molar-refractivity contribution in [1.82, 2.24) is 0 Å². The molecule has 0 spiro atoms. The molecule has 18 heavy (non-hydrogen) atoms. The normalized spacial score (nSPS) is 8.72. The fourth-order valence-electron chi connectivity index (χ4n) is 1.22. The minimum Gasteiger partial charge on any atom is -0.493 e. The van der Waals surface area contributed by atoms with Gasteiger partial charge in [-0.1, -0.05) is 0 Å². The predicted octanol–water partition coefficient (Wildman–Crippen LogP) is 2.34. The van der Waals surface area contributed by atoms with E-state index in [9.17, 15) is 0 Å². The molecule has 0 unspecified atom stereocenters. The van der Waals surface area contributed by atoms with Gasteiger partial charge in [-0.2, -0.15) is 10.5 Å². The lowest BCUT2D eigenvalue weighted by Gasteiger charge is -2.11. The summed E-state index contributed by atoms with van der Waals surface area (Å²) >= 11 is 4.28. The third-order valence-electron chi connectivity index (χ3n) is 2.11. The van der Waals surface area contributed by atoms with Crippen LogP contribution in [0.2, 0.25) is 0 Å². The molecule has 1 rings (SSSR count). The van der Waals surface area contributed by atoms with Crippen LogP contribution in [0.1, 0.15) is 0 Å². The molecule has 0 amide bonds. The Morgan fingerprint density at radius 3 is 2.28 bits per heavy atom. The Morgan fingerprint density at radius 1 is 1.22 bits per heavy atom. The predicted molar refractivity (Wildman–Crippen MR) is 69.7 cm³/mol. The van der Waals surface area contributed by atoms with Crippen LogP contribution in [-0.4, -0.2) is 14.2 Å². The van der Waals surface area contributed by atoms with Crippen molar-refractivity contribution in [3.8, 4) is 23.6 Å². The number of methoxy groups -OCH3 is 2. The van der Waals surface area contributed by atoms with Crippen molar-refractivity contribution in [1.29, 1.82) is 10.5 Å². The molecule has 0 atom stereocenters. The van der Waals surface area contributed by atoms with Gasteiger partial charge < -0.3 is 14.8 Å². The topological polar surface area (TPSA) is 78.1 Å². The maximum atomic E-state index is 8.61. The van der Waals surface area contributed by atoms with E-state index in [1.807, 2.05) is 0 Å². The molecule has 1 aromatic carbocycles. The fraction of sp³-hybridized carbons (Fsp3) is 0.167. The molecule has 0 saturated carbocycles. The first-order valence-electron chi connectivity index (χ1n) is 4.88. The Kier molecular flexibility index (Phi) is 4.91. The quantitative estimate of drug-likeness (QED) is 0.642. The minimum absolute atomic E-state index is 0.0301. The van der Waals surface area contributed by atoms with Crippen LogP contribution >= 0.6 is 12.6 Å². The van der Waals surface area contributed by atoms with Crippen molar-refractivity contribution in [2.75, 3.05) is 19.5 Å². The molecule has 0 aromatic heterocycles. The summed E-state index contributed by atoms with van der Waals surface area (Å²) in [5.41, 5.74) is 0.580. The first kappa shape index (κ1) is 13.8. The van der Waals surface area contributed by atoms with Crippen LogP contribution in [0.15, 0.2) is 28.8 Å². The summed E-state index contributed by atoms with van der Waals surface area (Å²) in [6.45, 7) is 0. The third-order valence-corrected chi connectivity index (χ3v) is 2.48. The van der Waals surface area contributed by atoms with E-state index >= 15 is 0 Å². The highest BCUT2D eigenvalue weighted by Gasteiger charge is 2.08. The molecule has 0 radical (unpaired) electrons. The molecular weight excluding hydrogens is 250 g/mol. The molecule has 1 aromatic rings. The van der Waals surface area contributed by atoms with Crippen LogP contribution in [0.5, 0.6) is 11.5 Å². The van der Waals surface area contributed by atoms with E-state index in [0.717, 1.165) is 0 Å². The van der Waals surface area contributed by atoms with Crippen LogP contribution in [0.4, 0.5) is 5.69 Å². The molecule has 0 bridgehead atoms. The second-order valence-corrected chi connectivity index (χ2v) is 3.63. The summed E-state index contributed by atoms with van der Waals surface area (Å²) in [5.74, 6) is 1.08. The summed E-state index contributed by atoms with van der Waals surface area (Å²) in [4.78, 5) is 0.610. The van der Waals surface area contributed by atoms with Crippen molar-refractivity contribution >= 4 is 18.3 Å². The molecule has 0 aliphatic heterocycles. The number of hydrogen-bond acceptors (Lipinski definition) is 6. The van der Waals surface area contributed by atoms with Crippen LogP contribution < -0.4 is 14.8 Å². The average Bonchev–Trinajstić information content (AvgIpc) is 2.40. The van der Waals surface area contributed by atoms with Gasteiger partial charge >= 0.3 is 0 Å². The van der Waals surface area contributed by atoms with Gasteiger partial charge in [0.2, 0.25) is 0 Å². The van der Waals surface area contributed by atoms with Crippen LogP contribution in [0.25, 0.3) is 0 Å². The van der Waals surface area contributed by atoms with Crippen LogP contribution in [-0.2, 0) is 0 Å². The molecule has 0 aliphatic rings. The lowest BCUT2D eigenvalue weighted by atomic mass is 10.2. The fourth-order valence-corrected chi connectivity index (χ4v) is 1.47. The van der Waals surface area contributed by atoms with Crippen molar-refractivity contribution < 1.29 is 9.47 Å². The summed E-state index contributed by atoms with van der Waals surface area (Å²) in [5, 5.41) is 20.0. The molecule has 92 valence electrons. The smallest absolute Gasteiger partial charge is 0.162 e. The van der Waals surface area contributed by atoms with Gasteiger partial charge in [0, 0.05) is 17.2 Å². The Labute approximate surface area is 111 Å². The second-order valence-electron chi connectivity index (χ2n) is 3.15. The molecule has 6 heteroatoms. The monoisotopic (exact) mass is 261 g/mol. The van der Waals surface area contributed by atoms with E-state index in [0.29, 0.717) is 22.1 Å². The van der Waals surface area contributed by atoms with Crippen molar-refractivity contribution in [2.24, 2.45) is 0 Å². The van der Waals surface area contributed by atoms with E-state index in [4.69, 9.17) is 20.0 Å². The zero-order chi connectivity index (χ0) is 13.5. The highest BCUT2D eigenvalue weighted by molar-refractivity contribution is 7.80. The Hall–Kier alpha value is -2.31. The lowest BCUT2D eigenvalue weighted by Crippen LogP contribution is -1.95. The molecule has 0 fully saturated rings. The first-order chi connectivity index (χ1) is 8.65. The Bertz CT molecular complexity index is 540. The van der Waals surface area contributed by atoms with Gasteiger partial charge in [0.15, 0.2) is 11.5 Å². The van der Waals surface area contributed by atoms with E-state index in [1.165, 1.54) is 20.4 Å². The number of hydrogen-bond donors (Lipinski definition) is 2. The summed E-state index contributed by atoms with van der Waals surface area (Å²) in [6, 6.07) is 6.85. The van der Waals surface area contributed by atoms with Gasteiger partial charge in [-0.3, -0.25) is 0 Å². The summed E-state index contributed by atoms with van der Waals surface area (Å²) < 4.78 is 10.3. The number of anilines is 1. The van der Waals surface area contributed by atoms with Gasteiger partial charge in [0.1, 0.15) is 17.7 Å². The molecule has 5 nitrogen and oxygen atoms in total. The first-order valence-corrected chi connectivity index (χ1v) is 5.32. The third kappa shape index (κ3) is 3.09. The Balaban J connectivity index is 3.09. The number of nitrogens with one attached hydrogen (secondary N) is 1. The van der Waals surface area contributed by atoms with Crippen LogP contribution in [0, 0.1) is 22.7 Å². The van der Waals surface area contributed by atoms with Crippen LogP contribution in [0.3, 0.4) is 0 Å². The second kappa shape index (κ2) is 6.43. The maximum Gasteiger partial charge on any atom is 0.162 e. The molecule has 0 saturated heterocycles. The number of ether oxygens (including phenoxy) is 2. The van der Waals surface area contributed by atoms with E-state index in [2.05, 4.69) is 17.9 Å². The van der Waals surface area contributed by atoms with Gasteiger partial charge in [0.05, 0.1) is 19.9 Å². The maximum absolute atomic E-state index is 8.61. The van der Waals surface area contributed by atoms with Crippen molar-refractivity contribution in [2.45, 2.75) is 4.90 Å². The zero-order valence-electron chi connectivity index (χ0n) is 9.89. The highest BCUT2D eigenvalue weighted by atomic mass is 32.1. The number of rotatable bonds is 4. The van der Waals surface area contributed by atoms with Gasteiger partial charge in [0.25, 0.3) is 0 Å². The zero-order valence-corrected chi connectivity index (χ0v) is 10.8. The van der Waals surface area contributed by atoms with Crippen molar-refractivity contribution in [3.63, 3.8) is 0 Å². The van der Waals surface area contributed by atoms with Gasteiger partial charge in [-0.25, -0.2) is 0 Å². The summed E-state index contributed by atoms with van der Waals surface area (Å²) in [6.07, 6.45) is 1.31. The van der Waals surface area contributed by atoms with Gasteiger partial charge in [-0.05, 0) is 6.07 Å². The van der Waals surface area contributed by atoms with E-state index in [-0.39, 0.29) is 5.57 Å². The number of nitrogens with zero attached hydrogens (tertiary/aromatic N) is 2. The highest BCUT2D eigenvalue weighted by Crippen LogP contribution is 2.35. The summed E-state index contributed by atoms with van der Waals surface area (Å²) in [7, 11) is 3.05. The molecule has 0 aliphatic carbocycles. The Morgan fingerprint density at radius 2 is 1.78 bits per heavy atom. The number of thiol groups is 1. The number of nitriles is 2. The standard InChI is InChI=1S/C12H11N3O2S/c1-16-10-3-9(12(18)4-11(10)17-2)15-7-8(5-13)6-14/h3-4,7,15,18H,1-2H3. The van der Waals surface area contributed by atoms with E-state index in [1.54, 1.807) is 24.3 Å². The SMILES string of the molecule is COc1cc(S)c(NC=C(C#N)C#N)cc1OC. The molecular formula is C12H11N3O2S. The molecule has 1 N–H and O–H groups in total.